The highest BCUT2D eigenvalue weighted by molar-refractivity contribution is 7.09. The summed E-state index contributed by atoms with van der Waals surface area (Å²) < 4.78 is 11.0. The van der Waals surface area contributed by atoms with Gasteiger partial charge in [-0.15, -0.1) is 11.3 Å². The normalized spacial score (nSPS) is 10.8. The molecular weight excluding hydrogens is 376 g/mol. The number of amides is 1. The molecule has 0 saturated heterocycles. The summed E-state index contributed by atoms with van der Waals surface area (Å²) in [7, 11) is 0. The monoisotopic (exact) mass is 394 g/mol. The fourth-order valence-corrected chi connectivity index (χ4v) is 2.99. The van der Waals surface area contributed by atoms with Gasteiger partial charge in [0.1, 0.15) is 18.1 Å². The summed E-state index contributed by atoms with van der Waals surface area (Å²) in [4.78, 5) is 27.7. The molecule has 2 aromatic carbocycles. The topological polar surface area (TPSA) is 91.5 Å². The van der Waals surface area contributed by atoms with Crippen LogP contribution >= 0.6 is 11.3 Å². The highest BCUT2D eigenvalue weighted by Crippen LogP contribution is 2.21. The van der Waals surface area contributed by atoms with Crippen molar-refractivity contribution < 1.29 is 19.1 Å². The lowest BCUT2D eigenvalue weighted by molar-refractivity contribution is -0.128. The van der Waals surface area contributed by atoms with Crippen LogP contribution in [0.5, 0.6) is 11.5 Å². The summed E-state index contributed by atoms with van der Waals surface area (Å²) in [5, 5.41) is 2.93. The SMILES string of the molecule is Cc1nc(COc2ccccc2/C=C/C(=O)Oc2cccc(C(N)=O)c2)cs1. The van der Waals surface area contributed by atoms with E-state index in [4.69, 9.17) is 15.2 Å². The summed E-state index contributed by atoms with van der Waals surface area (Å²) in [6, 6.07) is 13.5. The lowest BCUT2D eigenvalue weighted by Crippen LogP contribution is -2.11. The Kier molecular flexibility index (Phi) is 6.18. The number of thiazole rings is 1. The van der Waals surface area contributed by atoms with Gasteiger partial charge in [0.15, 0.2) is 0 Å². The molecule has 0 aliphatic rings. The van der Waals surface area contributed by atoms with E-state index < -0.39 is 11.9 Å². The van der Waals surface area contributed by atoms with Crippen LogP contribution in [-0.4, -0.2) is 16.9 Å². The molecule has 0 bridgehead atoms. The molecule has 1 heterocycles. The number of esters is 1. The Bertz CT molecular complexity index is 1030. The van der Waals surface area contributed by atoms with Gasteiger partial charge >= 0.3 is 5.97 Å². The first-order valence-corrected chi connectivity index (χ1v) is 9.32. The second-order valence-electron chi connectivity index (χ2n) is 5.83. The maximum Gasteiger partial charge on any atom is 0.336 e. The maximum absolute atomic E-state index is 12.1. The molecule has 6 nitrogen and oxygen atoms in total. The molecule has 0 unspecified atom stereocenters. The van der Waals surface area contributed by atoms with Crippen LogP contribution in [-0.2, 0) is 11.4 Å². The van der Waals surface area contributed by atoms with Gasteiger partial charge in [0.25, 0.3) is 0 Å². The van der Waals surface area contributed by atoms with Gasteiger partial charge in [0.05, 0.1) is 10.7 Å². The zero-order chi connectivity index (χ0) is 19.9. The highest BCUT2D eigenvalue weighted by atomic mass is 32.1. The number of aryl methyl sites for hydroxylation is 1. The van der Waals surface area contributed by atoms with E-state index in [0.29, 0.717) is 12.4 Å². The van der Waals surface area contributed by atoms with Crippen molar-refractivity contribution in [1.82, 2.24) is 4.98 Å². The minimum Gasteiger partial charge on any atom is -0.487 e. The zero-order valence-electron chi connectivity index (χ0n) is 15.1. The van der Waals surface area contributed by atoms with E-state index in [2.05, 4.69) is 4.98 Å². The van der Waals surface area contributed by atoms with Crippen molar-refractivity contribution in [2.75, 3.05) is 0 Å². The van der Waals surface area contributed by atoms with Crippen LogP contribution in [0.1, 0.15) is 26.6 Å². The van der Waals surface area contributed by atoms with E-state index in [9.17, 15) is 9.59 Å². The number of para-hydroxylation sites is 1. The number of carbonyl (C=O) groups is 2. The predicted molar refractivity (Wildman–Crippen MR) is 107 cm³/mol. The van der Waals surface area contributed by atoms with Gasteiger partial charge < -0.3 is 15.2 Å². The average Bonchev–Trinajstić information content (AvgIpc) is 3.11. The van der Waals surface area contributed by atoms with Gasteiger partial charge in [0.2, 0.25) is 5.91 Å². The van der Waals surface area contributed by atoms with Crippen molar-refractivity contribution >= 4 is 29.3 Å². The first kappa shape index (κ1) is 19.3. The highest BCUT2D eigenvalue weighted by Gasteiger charge is 2.07. The van der Waals surface area contributed by atoms with E-state index in [1.165, 1.54) is 12.1 Å². The van der Waals surface area contributed by atoms with Crippen molar-refractivity contribution in [3.8, 4) is 11.5 Å². The number of nitrogens with zero attached hydrogens (tertiary/aromatic N) is 1. The number of carbonyl (C=O) groups excluding carboxylic acids is 2. The molecule has 7 heteroatoms. The fourth-order valence-electron chi connectivity index (χ4n) is 2.40. The van der Waals surface area contributed by atoms with Crippen LogP contribution in [0.3, 0.4) is 0 Å². The van der Waals surface area contributed by atoms with Gasteiger partial charge in [-0.25, -0.2) is 9.78 Å². The zero-order valence-corrected chi connectivity index (χ0v) is 15.9. The van der Waals surface area contributed by atoms with E-state index in [1.807, 2.05) is 36.6 Å². The number of nitrogens with two attached hydrogens (primary N) is 1. The van der Waals surface area contributed by atoms with Crippen LogP contribution in [0.2, 0.25) is 0 Å². The predicted octanol–water partition coefficient (Wildman–Crippen LogP) is 3.75. The van der Waals surface area contributed by atoms with Crippen LogP contribution < -0.4 is 15.2 Å². The van der Waals surface area contributed by atoms with Crippen molar-refractivity contribution in [1.29, 1.82) is 0 Å². The molecular formula is C21H18N2O4S. The number of benzene rings is 2. The number of hydrogen-bond acceptors (Lipinski definition) is 6. The van der Waals surface area contributed by atoms with Gasteiger partial charge in [-0.05, 0) is 37.3 Å². The largest absolute Gasteiger partial charge is 0.487 e. The first-order chi connectivity index (χ1) is 13.5. The Balaban J connectivity index is 1.65. The molecule has 142 valence electrons. The second-order valence-corrected chi connectivity index (χ2v) is 6.89. The molecule has 2 N–H and O–H groups in total. The second kappa shape index (κ2) is 8.96. The molecule has 0 atom stereocenters. The van der Waals surface area contributed by atoms with E-state index in [0.717, 1.165) is 16.3 Å². The lowest BCUT2D eigenvalue weighted by Gasteiger charge is -2.08. The molecule has 0 aliphatic heterocycles. The molecule has 3 aromatic rings. The summed E-state index contributed by atoms with van der Waals surface area (Å²) >= 11 is 1.57. The third-order valence-corrected chi connectivity index (χ3v) is 4.52. The molecule has 0 aliphatic carbocycles. The Hall–Kier alpha value is -3.45. The van der Waals surface area contributed by atoms with E-state index in [-0.39, 0.29) is 11.3 Å². The third-order valence-electron chi connectivity index (χ3n) is 3.70. The standard InChI is InChI=1S/C21H18N2O4S/c1-14-23-17(13-28-14)12-26-19-8-3-2-5-15(19)9-10-20(24)27-18-7-4-6-16(11-18)21(22)25/h2-11,13H,12H2,1H3,(H2,22,25)/b10-9+. The summed E-state index contributed by atoms with van der Waals surface area (Å²) in [5.74, 6) is -0.288. The number of rotatable bonds is 7. The smallest absolute Gasteiger partial charge is 0.336 e. The van der Waals surface area contributed by atoms with Crippen LogP contribution in [0.25, 0.3) is 6.08 Å². The minimum absolute atomic E-state index is 0.245. The molecule has 0 radical (unpaired) electrons. The van der Waals surface area contributed by atoms with Crippen LogP contribution in [0.15, 0.2) is 60.0 Å². The molecule has 3 rings (SSSR count). The van der Waals surface area contributed by atoms with Gasteiger partial charge in [-0.1, -0.05) is 24.3 Å². The lowest BCUT2D eigenvalue weighted by atomic mass is 10.2. The fraction of sp³-hybridized carbons (Fsp3) is 0.0952. The van der Waals surface area contributed by atoms with E-state index in [1.54, 1.807) is 35.6 Å². The van der Waals surface area contributed by atoms with Crippen molar-refractivity contribution in [2.45, 2.75) is 13.5 Å². The van der Waals surface area contributed by atoms with Crippen molar-refractivity contribution in [3.63, 3.8) is 0 Å². The molecule has 1 aromatic heterocycles. The van der Waals surface area contributed by atoms with Crippen LogP contribution in [0, 0.1) is 6.92 Å². The van der Waals surface area contributed by atoms with Crippen molar-refractivity contribution in [2.24, 2.45) is 5.73 Å². The number of aromatic nitrogens is 1. The quantitative estimate of drug-likeness (QED) is 0.374. The van der Waals surface area contributed by atoms with Gasteiger partial charge in [-0.2, -0.15) is 0 Å². The molecule has 1 amide bonds. The van der Waals surface area contributed by atoms with Crippen molar-refractivity contribution in [3.05, 3.63) is 81.8 Å². The molecule has 28 heavy (non-hydrogen) atoms. The van der Waals surface area contributed by atoms with E-state index >= 15 is 0 Å². The average molecular weight is 394 g/mol. The number of ether oxygens (including phenoxy) is 2. The molecule has 0 saturated carbocycles. The third kappa shape index (κ3) is 5.28. The molecule has 0 spiro atoms. The van der Waals surface area contributed by atoms with Crippen LogP contribution in [0.4, 0.5) is 0 Å². The van der Waals surface area contributed by atoms with Gasteiger partial charge in [0, 0.05) is 22.6 Å². The first-order valence-electron chi connectivity index (χ1n) is 8.44. The maximum atomic E-state index is 12.1. The number of primary amides is 1. The Labute approximate surface area is 166 Å². The number of hydrogen-bond donors (Lipinski definition) is 1. The Morgan fingerprint density at radius 2 is 2.00 bits per heavy atom. The minimum atomic E-state index is -0.588. The molecule has 0 fully saturated rings. The van der Waals surface area contributed by atoms with Gasteiger partial charge in [-0.3, -0.25) is 4.79 Å². The Morgan fingerprint density at radius 3 is 2.75 bits per heavy atom. The summed E-state index contributed by atoms with van der Waals surface area (Å²) in [6.45, 7) is 2.29. The Morgan fingerprint density at radius 1 is 1.18 bits per heavy atom. The summed E-state index contributed by atoms with van der Waals surface area (Å²) in [5.41, 5.74) is 7.08. The summed E-state index contributed by atoms with van der Waals surface area (Å²) in [6.07, 6.45) is 2.91.